The number of hydrogen-bond donors (Lipinski definition) is 0. The molecule has 1 heterocycles. The lowest BCUT2D eigenvalue weighted by molar-refractivity contribution is 0.00578. The van der Waals surface area contributed by atoms with Gasteiger partial charge in [0.15, 0.2) is 0 Å². The van der Waals surface area contributed by atoms with Crippen molar-refractivity contribution in [2.45, 2.75) is 148 Å². The number of benzene rings is 17. The molecule has 10 heteroatoms. The van der Waals surface area contributed by atoms with Gasteiger partial charge in [0.25, 0.3) is 0 Å². The van der Waals surface area contributed by atoms with Crippen LogP contribution < -0.4 is 14.7 Å². The maximum Gasteiger partial charge on any atom is 0.640 e. The van der Waals surface area contributed by atoms with Gasteiger partial charge < -0.3 is 28.7 Å². The number of halogens is 3. The van der Waals surface area contributed by atoms with Gasteiger partial charge in [0, 0.05) is 98.3 Å². The molecule has 1 fully saturated rings. The Bertz CT molecular complexity index is 7230. The highest BCUT2D eigenvalue weighted by molar-refractivity contribution is 9.11. The Kier molecular flexibility index (Phi) is 25.6. The van der Waals surface area contributed by atoms with E-state index in [1.807, 2.05) is 53.7 Å². The van der Waals surface area contributed by atoms with Crippen molar-refractivity contribution in [3.05, 3.63) is 488 Å². The fraction of sp³-hybridized carbons (Fsp3) is 0.178. The molecule has 0 saturated carbocycles. The third-order valence-electron chi connectivity index (χ3n) is 29.6. The van der Waals surface area contributed by atoms with Gasteiger partial charge in [0.05, 0.1) is 11.2 Å². The number of rotatable bonds is 16. The maximum atomic E-state index is 5.63. The molecule has 0 bridgehead atoms. The lowest BCUT2D eigenvalue weighted by atomic mass is 9.79. The van der Waals surface area contributed by atoms with E-state index < -0.39 is 7.32 Å². The van der Waals surface area contributed by atoms with Crippen molar-refractivity contribution in [1.29, 1.82) is 0 Å². The van der Waals surface area contributed by atoms with Crippen LogP contribution >= 0.6 is 47.8 Å². The van der Waals surface area contributed by atoms with E-state index in [0.717, 1.165) is 54.0 Å². The zero-order valence-electron chi connectivity index (χ0n) is 81.5. The van der Waals surface area contributed by atoms with Crippen LogP contribution in [0.5, 0.6) is 0 Å². The first-order chi connectivity index (χ1) is 66.9. The molecule has 139 heavy (non-hydrogen) atoms. The van der Waals surface area contributed by atoms with Gasteiger partial charge in [-0.2, -0.15) is 0 Å². The first-order valence-electron chi connectivity index (χ1n) is 48.5. The smallest absolute Gasteiger partial charge is 0.384 e. The summed E-state index contributed by atoms with van der Waals surface area (Å²) in [4.78, 5) is 6.92. The van der Waals surface area contributed by atoms with Crippen LogP contribution in [-0.4, -0.2) is 24.6 Å². The number of allylic oxidation sites excluding steroid dienone is 3. The molecule has 6 nitrogen and oxygen atoms in total. The Hall–Kier alpha value is -13.0. The van der Waals surface area contributed by atoms with Crippen molar-refractivity contribution in [3.63, 3.8) is 0 Å². The van der Waals surface area contributed by atoms with Gasteiger partial charge in [0.1, 0.15) is 0 Å². The molecule has 17 aromatic carbocycles. The highest BCUT2D eigenvalue weighted by Crippen LogP contribution is 2.60. The van der Waals surface area contributed by atoms with Gasteiger partial charge in [-0.3, -0.25) is 0 Å². The molecule has 5 aliphatic carbocycles. The van der Waals surface area contributed by atoms with Crippen molar-refractivity contribution in [2.75, 3.05) is 14.7 Å². The number of fused-ring (bicyclic) bond motifs is 12. The fourth-order valence-electron chi connectivity index (χ4n) is 21.1. The molecule has 0 N–H and O–H groups in total. The average Bonchev–Trinajstić information content (AvgIpc) is 1.50. The van der Waals surface area contributed by atoms with E-state index in [-0.39, 0.29) is 39.0 Å². The lowest BCUT2D eigenvalue weighted by Crippen LogP contribution is -2.41. The first kappa shape index (κ1) is 93.6. The van der Waals surface area contributed by atoms with Crippen molar-refractivity contribution < 1.29 is 14.0 Å². The average molecular weight is 2010 g/mol. The Morgan fingerprint density at radius 2 is 0.511 bits per heavy atom. The third-order valence-corrected chi connectivity index (χ3v) is 31.1. The van der Waals surface area contributed by atoms with Crippen LogP contribution in [-0.2, 0) is 35.6 Å². The summed E-state index contributed by atoms with van der Waals surface area (Å²) in [6.07, 6.45) is 8.13. The van der Waals surface area contributed by atoms with Gasteiger partial charge in [-0.15, -0.1) is 0 Å². The fourth-order valence-corrected chi connectivity index (χ4v) is 22.1. The summed E-state index contributed by atoms with van der Waals surface area (Å²) in [6, 6.07) is 146. The largest absolute Gasteiger partial charge is 0.640 e. The number of anilines is 8. The molecular formula is C129H115BBr3N3O3. The summed E-state index contributed by atoms with van der Waals surface area (Å²) in [5.41, 5.74) is 43.1. The zero-order valence-corrected chi connectivity index (χ0v) is 86.2. The quantitative estimate of drug-likeness (QED) is 0.0898. The Morgan fingerprint density at radius 1 is 0.266 bits per heavy atom. The standard InChI is InChI=1S/C72H58N2.C24H20Br2.C24H18BrN.C9H19BO3/c1-71(2)67-45-55(53-29-25-49(26-30-53)51-33-39-61(40-34-51)73(57-17-9-5-10-18-57)58-19-11-6-12-20-58)37-43-63(67)65-48-70-66(47-69(65)71)64-44-38-56(46-68(64)72(70,3)4)54-31-27-50(28-32-54)52-35-41-62(42-36-52)74(59-21-13-7-14-22-59)60-23-15-8-16-24-60;1-23(2)19-9-13(25)5-7-15(19)17-12-22-18(11-21(17)23)16-8-6-14(26)10-20(16)24(22,3)4;25-21-15-11-19(12-16-21)20-13-17-24(18-14-20)26(22-7-3-1-4-8-22)23-9-5-2-6-10-23;1-7(2)11-10-12-8(3,4)9(5,6)13-10/h5-35,37-48,52H,36H2,1-4H3;5-12H,1-4H3;1-18H;7H,1-6H3. The van der Waals surface area contributed by atoms with Gasteiger partial charge in [-0.1, -0.05) is 346 Å². The SMILES string of the molecule is Brc1ccc(-c2ccc(N(c3ccccc3)c3ccccc3)cc2)cc1.CC(C)OB1OC(C)(C)C(C)(C)O1.CC1(C)c2cc(-c3ccc(-c4ccc(N(c5ccccc5)c5ccccc5)cc4)cc3)ccc2-c2cc3c(cc21)-c1ccc(-c2ccc(C4C=CC(N(c5ccccc5)c5ccccc5)=CC4)cc2)cc1C3(C)C.CC1(C)c2cc(Br)ccc2-c2cc3c(cc21)-c1ccc(Br)cc1C3(C)C. The Balaban J connectivity index is 0.000000147. The van der Waals surface area contributed by atoms with Gasteiger partial charge in [-0.05, 0) is 363 Å². The molecule has 1 unspecified atom stereocenters. The third kappa shape index (κ3) is 18.2. The van der Waals surface area contributed by atoms with E-state index in [1.165, 1.54) is 156 Å². The van der Waals surface area contributed by atoms with E-state index in [1.54, 1.807) is 0 Å². The molecule has 1 saturated heterocycles. The van der Waals surface area contributed by atoms with Gasteiger partial charge in [-0.25, -0.2) is 0 Å². The van der Waals surface area contributed by atoms with E-state index >= 15 is 0 Å². The molecular weight excluding hydrogens is 1890 g/mol. The van der Waals surface area contributed by atoms with Crippen molar-refractivity contribution >= 4 is 101 Å². The second-order valence-electron chi connectivity index (χ2n) is 40.7. The van der Waals surface area contributed by atoms with Crippen LogP contribution in [0.4, 0.5) is 45.5 Å². The minimum Gasteiger partial charge on any atom is -0.384 e. The van der Waals surface area contributed by atoms with Crippen LogP contribution in [0.2, 0.25) is 0 Å². The molecule has 0 amide bonds. The molecule has 23 rings (SSSR count). The summed E-state index contributed by atoms with van der Waals surface area (Å²) in [5.74, 6) is 0.332. The summed E-state index contributed by atoms with van der Waals surface area (Å²) >= 11 is 10.8. The van der Waals surface area contributed by atoms with Crippen LogP contribution in [0.15, 0.2) is 438 Å². The van der Waals surface area contributed by atoms with Gasteiger partial charge in [0.2, 0.25) is 0 Å². The van der Waals surface area contributed by atoms with Gasteiger partial charge >= 0.3 is 7.32 Å². The van der Waals surface area contributed by atoms with Crippen molar-refractivity contribution in [3.8, 4) is 89.0 Å². The van der Waals surface area contributed by atoms with Crippen LogP contribution in [0.3, 0.4) is 0 Å². The highest BCUT2D eigenvalue weighted by atomic mass is 79.9. The molecule has 0 aromatic heterocycles. The van der Waals surface area contributed by atoms with Crippen LogP contribution in [0.25, 0.3) is 89.0 Å². The van der Waals surface area contributed by atoms with E-state index in [4.69, 9.17) is 14.0 Å². The Morgan fingerprint density at radius 3 is 0.813 bits per heavy atom. The van der Waals surface area contributed by atoms with E-state index in [2.05, 4.69) is 524 Å². The molecule has 17 aromatic rings. The normalized spacial score (nSPS) is 15.8. The predicted octanol–water partition coefficient (Wildman–Crippen LogP) is 36.9. The zero-order chi connectivity index (χ0) is 96.4. The molecule has 0 radical (unpaired) electrons. The Labute approximate surface area is 847 Å². The second-order valence-corrected chi connectivity index (χ2v) is 43.4. The van der Waals surface area contributed by atoms with E-state index in [9.17, 15) is 0 Å². The molecule has 6 aliphatic rings. The predicted molar refractivity (Wildman–Crippen MR) is 596 cm³/mol. The minimum atomic E-state index is -0.523. The summed E-state index contributed by atoms with van der Waals surface area (Å²) < 4.78 is 20.1. The van der Waals surface area contributed by atoms with Crippen molar-refractivity contribution in [2.24, 2.45) is 0 Å². The number of nitrogens with zero attached hydrogens (tertiary/aromatic N) is 3. The summed E-state index contributed by atoms with van der Waals surface area (Å²) in [7, 11) is -0.523. The molecule has 1 aliphatic heterocycles. The molecule has 1 atom stereocenters. The monoisotopic (exact) mass is 2000 g/mol. The van der Waals surface area contributed by atoms with Crippen LogP contribution in [0.1, 0.15) is 159 Å². The molecule has 0 spiro atoms. The molecule has 688 valence electrons. The first-order valence-corrected chi connectivity index (χ1v) is 50.9. The topological polar surface area (TPSA) is 37.4 Å². The number of hydrogen-bond acceptors (Lipinski definition) is 6. The number of para-hydroxylation sites is 6. The lowest BCUT2D eigenvalue weighted by Gasteiger charge is -2.31. The second kappa shape index (κ2) is 38.0. The maximum absolute atomic E-state index is 5.63. The van der Waals surface area contributed by atoms with E-state index in [0.29, 0.717) is 5.92 Å². The summed E-state index contributed by atoms with van der Waals surface area (Å²) in [6.45, 7) is 31.0. The minimum absolute atomic E-state index is 0.0196. The summed E-state index contributed by atoms with van der Waals surface area (Å²) in [5, 5.41) is 0. The highest BCUT2D eigenvalue weighted by Gasteiger charge is 2.53. The van der Waals surface area contributed by atoms with Crippen LogP contribution in [0, 0.1) is 0 Å². The van der Waals surface area contributed by atoms with Crippen molar-refractivity contribution in [1.82, 2.24) is 0 Å².